The maximum atomic E-state index is 13.2. The molecule has 13 aromatic rings. The van der Waals surface area contributed by atoms with Gasteiger partial charge in [-0.2, -0.15) is 0 Å². The Kier molecular flexibility index (Phi) is 39.6. The van der Waals surface area contributed by atoms with Crippen molar-refractivity contribution in [2.45, 2.75) is 53.8 Å². The Hall–Kier alpha value is -14.3. The van der Waals surface area contributed by atoms with Gasteiger partial charge in [-0.05, 0) is 239 Å². The number of thiophene rings is 5. The minimum atomic E-state index is -0.509. The van der Waals surface area contributed by atoms with Crippen LogP contribution < -0.4 is 58.9 Å². The molecule has 35 nitrogen and oxygen atoms in total. The molecule has 2 fully saturated rings. The Morgan fingerprint density at radius 1 is 0.356 bits per heavy atom. The first-order valence-electron chi connectivity index (χ1n) is 46.2. The number of halogens is 7. The van der Waals surface area contributed by atoms with Crippen molar-refractivity contribution in [1.82, 2.24) is 40.6 Å². The van der Waals surface area contributed by atoms with Crippen molar-refractivity contribution in [3.63, 3.8) is 0 Å². The molecule has 7 aromatic heterocycles. The molecule has 0 unspecified atom stereocenters. The summed E-state index contributed by atoms with van der Waals surface area (Å²) < 4.78 is 23.1. The number of rotatable bonds is 15. The van der Waals surface area contributed by atoms with Gasteiger partial charge in [-0.1, -0.05) is 102 Å². The minimum Gasteiger partial charge on any atom is -0.398 e. The van der Waals surface area contributed by atoms with Crippen LogP contribution in [0.4, 0.5) is 45.5 Å². The molecule has 15 amide bonds. The molecule has 0 bridgehead atoms. The Morgan fingerprint density at radius 3 is 0.940 bits per heavy atom. The highest BCUT2D eigenvalue weighted by molar-refractivity contribution is 7.20. The zero-order valence-corrected chi connectivity index (χ0v) is 86.5. The van der Waals surface area contributed by atoms with Gasteiger partial charge in [0.2, 0.25) is 0 Å². The van der Waals surface area contributed by atoms with E-state index < -0.39 is 51.8 Å². The molecule has 0 saturated carbocycles. The highest BCUT2D eigenvalue weighted by atomic mass is 35.5. The summed E-state index contributed by atoms with van der Waals surface area (Å²) >= 11 is 44.6. The molecule has 2 saturated heterocycles. The van der Waals surface area contributed by atoms with E-state index >= 15 is 0 Å². The number of amides is 15. The third kappa shape index (κ3) is 28.6. The number of anilines is 8. The summed E-state index contributed by atoms with van der Waals surface area (Å²) in [7, 11) is 0. The lowest BCUT2D eigenvalue weighted by Gasteiger charge is -2.34. The molecular weight excluding hydrogens is 2160 g/mol. The molecule has 8 aliphatic rings. The molecular formula is C102H91Cl7N16O19S5. The number of aliphatic hydroxyl groups is 2. The van der Waals surface area contributed by atoms with Crippen molar-refractivity contribution in [2.75, 3.05) is 102 Å². The van der Waals surface area contributed by atoms with Crippen LogP contribution in [0.3, 0.4) is 0 Å². The third-order valence-electron chi connectivity index (χ3n) is 22.5. The maximum Gasteiger partial charge on any atom is 0.265 e. The summed E-state index contributed by atoms with van der Waals surface area (Å²) in [6, 6.07) is 53.1. The van der Waals surface area contributed by atoms with Gasteiger partial charge in [-0.3, -0.25) is 122 Å². The second-order valence-corrected chi connectivity index (χ2v) is 41.0. The van der Waals surface area contributed by atoms with Crippen molar-refractivity contribution >= 4 is 282 Å². The number of fused-ring (bicyclic) bond motifs is 6. The SMILES string of the molecule is C.Nc1cccc2c1C(=O)NC2=O.Nc1cccc2c1C(=O)NC2=O.O=C(Cl)c1ccc(Cl)s1.O=C(Cl)c1ccc(Cl)s1.O=C(Nc1cccc2c1C(=O)N(CC1CCN(c3ccncc3)CC1)C2=O)c1ccc(Cl)s1.O=C(Nc1cccc2c1C(=O)NC2=O)c1ccc(Cl)s1.OCC1CCN(c2ccncc2)CC1.[2H]CCN1C(=O)c2cccc(N)c2C1=O.[2H]CCN1C(=O)c2cccc(NC(=O)c3ccc(Cl)s3)c2C1=O.[2H]CCO. The van der Waals surface area contributed by atoms with Gasteiger partial charge in [-0.15, -0.1) is 56.7 Å². The van der Waals surface area contributed by atoms with Crippen LogP contribution in [0.5, 0.6) is 0 Å². The first-order valence-corrected chi connectivity index (χ1v) is 50.8. The summed E-state index contributed by atoms with van der Waals surface area (Å²) in [5.41, 5.74) is 24.3. The van der Waals surface area contributed by atoms with Crippen LogP contribution in [-0.2, 0) is 0 Å². The number of carbonyl (C=O) groups is 17. The van der Waals surface area contributed by atoms with Crippen molar-refractivity contribution < 1.29 is 95.8 Å². The normalized spacial score (nSPS) is 14.3. The van der Waals surface area contributed by atoms with Gasteiger partial charge < -0.3 is 53.2 Å². The topological polar surface area (TPSA) is 523 Å². The van der Waals surface area contributed by atoms with E-state index in [4.69, 9.17) is 113 Å². The third-order valence-corrected chi connectivity index (χ3v) is 29.3. The number of aromatic nitrogens is 2. The lowest BCUT2D eigenvalue weighted by Crippen LogP contribution is -2.40. The van der Waals surface area contributed by atoms with Gasteiger partial charge in [-0.25, -0.2) is 0 Å². The van der Waals surface area contributed by atoms with Crippen molar-refractivity contribution in [2.24, 2.45) is 11.8 Å². The Morgan fingerprint density at radius 2 is 0.638 bits per heavy atom. The van der Waals surface area contributed by atoms with Gasteiger partial charge in [0, 0.05) is 116 Å². The number of benzene rings is 6. The Balaban J connectivity index is 0.000000166. The highest BCUT2D eigenvalue weighted by Gasteiger charge is 2.42. The molecule has 772 valence electrons. The summed E-state index contributed by atoms with van der Waals surface area (Å²) in [6.45, 7) is 4.74. The maximum absolute atomic E-state index is 13.2. The molecule has 0 spiro atoms. The smallest absolute Gasteiger partial charge is 0.265 e. The first kappa shape index (κ1) is 110. The van der Waals surface area contributed by atoms with Crippen LogP contribution >= 0.6 is 138 Å². The predicted molar refractivity (Wildman–Crippen MR) is 581 cm³/mol. The molecule has 149 heavy (non-hydrogen) atoms. The van der Waals surface area contributed by atoms with Gasteiger partial charge in [0.15, 0.2) is 0 Å². The number of nitrogen functional groups attached to an aromatic ring is 3. The van der Waals surface area contributed by atoms with Crippen LogP contribution in [0.2, 0.25) is 21.7 Å². The fraction of sp³-hybridized carbons (Fsp3) is 0.186. The summed E-state index contributed by atoms with van der Waals surface area (Å²) in [5, 5.41) is 30.4. The average Bonchev–Trinajstić information content (AvgIpc) is 1.32. The number of hydrogen-bond acceptors (Lipinski definition) is 31. The van der Waals surface area contributed by atoms with Gasteiger partial charge in [0.1, 0.15) is 0 Å². The number of aliphatic hydroxyl groups excluding tert-OH is 2. The molecule has 0 aliphatic carbocycles. The average molecular weight is 2260 g/mol. The van der Waals surface area contributed by atoms with E-state index in [1.165, 1.54) is 45.4 Å². The van der Waals surface area contributed by atoms with Crippen LogP contribution in [0, 0.1) is 11.8 Å². The number of pyridine rings is 2. The van der Waals surface area contributed by atoms with E-state index in [0.29, 0.717) is 127 Å². The van der Waals surface area contributed by atoms with E-state index in [2.05, 4.69) is 51.7 Å². The quantitative estimate of drug-likeness (QED) is 0.0258. The molecule has 8 aliphatic heterocycles. The zero-order chi connectivity index (χ0) is 109. The highest BCUT2D eigenvalue weighted by Crippen LogP contribution is 2.38. The van der Waals surface area contributed by atoms with E-state index in [9.17, 15) is 81.5 Å². The fourth-order valence-electron chi connectivity index (χ4n) is 15.4. The zero-order valence-electron chi connectivity index (χ0n) is 80.1. The van der Waals surface area contributed by atoms with Crippen LogP contribution in [0.1, 0.15) is 231 Å². The molecule has 0 atom stereocenters. The molecule has 21 rings (SSSR count). The van der Waals surface area contributed by atoms with Crippen molar-refractivity contribution in [3.05, 3.63) is 332 Å². The van der Waals surface area contributed by atoms with Gasteiger partial charge in [0.05, 0.1) is 130 Å². The van der Waals surface area contributed by atoms with Crippen LogP contribution in [-0.4, -0.2) is 193 Å². The number of nitrogens with two attached hydrogens (primary N) is 3. The lowest BCUT2D eigenvalue weighted by molar-refractivity contribution is 0.0613. The van der Waals surface area contributed by atoms with Crippen LogP contribution in [0.25, 0.3) is 0 Å². The second kappa shape index (κ2) is 53.5. The standard InChI is InChI=1S/C24H21ClN4O3S.C15H11ClN2O3S.C13H7ClN2O3S.C11H16N2O.C10H10N2O2.2C8H6N2O2.2C5H2Cl2OS.C2H6O.CH4/c25-20-5-4-19(33-20)22(30)27-18-3-1-2-17-21(18)24(32)29(23(17)31)14-15-8-12-28(13-9-15)16-6-10-26-11-7-16;1-2-18-14(20)8-4-3-5-9(12(8)15(18)21)17-13(19)10-6-7-11(16)22-10;14-9-5-4-8(20-9)12(18)15-7-3-1-2-6-10(7)13(19)16-11(6)17;14-9-10-3-7-13(8-4-10)11-1-5-12-6-2-11;1-2-12-9(13)6-4-3-5-7(11)8(6)10(12)14;2*9-5-3-1-2-4-6(5)8(12)10-7(4)11;2*6-4-2-1-3(9-4)5(7)8;1-2-3;/h1-7,10-11,15H,8-9,12-14H2,(H,27,30);3-7H,2H2,1H3,(H,17,19);1-5H,(H,15,18)(H,16,17,19);1-2,5-6,10,14H,3-4,7-9H2;3-5H,2,11H2,1H3;2*1-3H,9H2,(H,10,11,12);2*1-2H;3H,2H2,1H3;1H4/i;1D;;;1D;;;;;1D;. The van der Waals surface area contributed by atoms with E-state index in [0.717, 1.165) is 101 Å². The minimum absolute atomic E-state index is 0. The number of imide groups is 6. The Labute approximate surface area is 911 Å². The second-order valence-electron chi connectivity index (χ2n) is 31.7. The number of piperidine rings is 2. The van der Waals surface area contributed by atoms with Crippen molar-refractivity contribution in [1.29, 1.82) is 0 Å². The van der Waals surface area contributed by atoms with Gasteiger partial charge >= 0.3 is 0 Å². The molecule has 6 aromatic carbocycles. The van der Waals surface area contributed by atoms with E-state index in [1.807, 2.05) is 36.7 Å². The molecule has 0 radical (unpaired) electrons. The number of carbonyl (C=O) groups excluding carboxylic acids is 17. The predicted octanol–water partition coefficient (Wildman–Crippen LogP) is 19.0. The van der Waals surface area contributed by atoms with Crippen LogP contribution in [0.15, 0.2) is 219 Å². The summed E-state index contributed by atoms with van der Waals surface area (Å²) in [6.07, 6.45) is 11.2. The van der Waals surface area contributed by atoms with E-state index in [-0.39, 0.29) is 140 Å². The lowest BCUT2D eigenvalue weighted by atomic mass is 9.96. The number of hydrogen-bond donors (Lipinski definition) is 11. The monoisotopic (exact) mass is 2250 g/mol. The largest absolute Gasteiger partial charge is 0.398 e. The van der Waals surface area contributed by atoms with Gasteiger partial charge in [0.25, 0.3) is 99.1 Å². The summed E-state index contributed by atoms with van der Waals surface area (Å²) in [4.78, 5) is 218. The fourth-order valence-corrected chi connectivity index (χ4v) is 20.4. The molecule has 14 N–H and O–H groups in total. The first-order chi connectivity index (χ1) is 72.4. The molecule has 47 heteroatoms. The summed E-state index contributed by atoms with van der Waals surface area (Å²) in [5.74, 6) is -5.24. The molecule has 15 heterocycles. The van der Waals surface area contributed by atoms with E-state index in [1.54, 1.807) is 170 Å². The number of nitrogens with one attached hydrogen (secondary N) is 6. The Bertz CT molecular complexity index is 7250. The van der Waals surface area contributed by atoms with Crippen molar-refractivity contribution in [3.8, 4) is 0 Å². The number of nitrogens with zero attached hydrogens (tertiary/aromatic N) is 7.